The van der Waals surface area contributed by atoms with Gasteiger partial charge in [-0.3, -0.25) is 4.79 Å². The van der Waals surface area contributed by atoms with Gasteiger partial charge in [0.2, 0.25) is 0 Å². The van der Waals surface area contributed by atoms with Crippen LogP contribution in [0.4, 0.5) is 0 Å². The van der Waals surface area contributed by atoms with E-state index in [0.29, 0.717) is 5.25 Å². The number of nitrogens with two attached hydrogens (primary N) is 1. The highest BCUT2D eigenvalue weighted by molar-refractivity contribution is 8.01. The van der Waals surface area contributed by atoms with Crippen LogP contribution < -0.4 is 5.73 Å². The average Bonchev–Trinajstić information content (AvgIpc) is 1.98. The first-order chi connectivity index (χ1) is 6.66. The number of ether oxygens (including phenoxy) is 1. The molecule has 0 fully saturated rings. The molecule has 0 spiro atoms. The Morgan fingerprint density at radius 1 is 1.27 bits per heavy atom. The molecule has 3 nitrogen and oxygen atoms in total. The zero-order chi connectivity index (χ0) is 12.2. The highest BCUT2D eigenvalue weighted by Crippen LogP contribution is 2.31. The minimum atomic E-state index is -0.577. The van der Waals surface area contributed by atoms with Crippen molar-refractivity contribution < 1.29 is 9.53 Å². The fraction of sp³-hybridized carbons (Fsp3) is 0.909. The van der Waals surface area contributed by atoms with Crippen LogP contribution in [0.25, 0.3) is 0 Å². The molecule has 0 aliphatic heterocycles. The first-order valence-electron chi connectivity index (χ1n) is 5.30. The Morgan fingerprint density at radius 3 is 2.07 bits per heavy atom. The van der Waals surface area contributed by atoms with E-state index in [1.165, 1.54) is 0 Å². The van der Waals surface area contributed by atoms with Crippen molar-refractivity contribution >= 4 is 17.7 Å². The molecule has 0 heterocycles. The third-order valence-corrected chi connectivity index (χ3v) is 3.23. The largest absolute Gasteiger partial charge is 0.462 e. The van der Waals surface area contributed by atoms with Crippen LogP contribution in [0.3, 0.4) is 0 Å². The molecule has 0 radical (unpaired) electrons. The molecule has 0 aliphatic carbocycles. The van der Waals surface area contributed by atoms with Gasteiger partial charge in [0.15, 0.2) is 0 Å². The molecule has 0 saturated carbocycles. The standard InChI is InChI=1S/C11H23NO2S/c1-7(2)14-10(13)9(12)11(5,6)15-8(3)4/h7-9H,12H2,1-6H3. The Bertz CT molecular complexity index is 215. The molecule has 0 bridgehead atoms. The fourth-order valence-electron chi connectivity index (χ4n) is 1.27. The smallest absolute Gasteiger partial charge is 0.324 e. The van der Waals surface area contributed by atoms with Gasteiger partial charge in [-0.05, 0) is 32.9 Å². The molecule has 1 atom stereocenters. The molecule has 0 aromatic heterocycles. The van der Waals surface area contributed by atoms with Crippen LogP contribution in [0, 0.1) is 0 Å². The zero-order valence-corrected chi connectivity index (χ0v) is 11.4. The first-order valence-corrected chi connectivity index (χ1v) is 6.18. The number of hydrogen-bond acceptors (Lipinski definition) is 4. The molecule has 2 N–H and O–H groups in total. The van der Waals surface area contributed by atoms with Crippen molar-refractivity contribution in [2.24, 2.45) is 5.73 Å². The Labute approximate surface area is 97.1 Å². The van der Waals surface area contributed by atoms with Gasteiger partial charge < -0.3 is 10.5 Å². The molecule has 0 saturated heterocycles. The lowest BCUT2D eigenvalue weighted by atomic mass is 10.0. The van der Waals surface area contributed by atoms with Crippen molar-refractivity contribution in [3.8, 4) is 0 Å². The molecule has 0 aromatic rings. The Kier molecular flexibility index (Phi) is 5.67. The second kappa shape index (κ2) is 5.75. The lowest BCUT2D eigenvalue weighted by Gasteiger charge is -2.31. The van der Waals surface area contributed by atoms with Crippen LogP contribution in [0.15, 0.2) is 0 Å². The number of carbonyl (C=O) groups excluding carboxylic acids is 1. The second-order valence-electron chi connectivity index (χ2n) is 4.73. The lowest BCUT2D eigenvalue weighted by molar-refractivity contribution is -0.149. The third kappa shape index (κ3) is 5.42. The summed E-state index contributed by atoms with van der Waals surface area (Å²) in [6, 6.07) is -0.577. The molecule has 15 heavy (non-hydrogen) atoms. The summed E-state index contributed by atoms with van der Waals surface area (Å²) < 4.78 is 4.81. The molecule has 0 rings (SSSR count). The monoisotopic (exact) mass is 233 g/mol. The summed E-state index contributed by atoms with van der Waals surface area (Å²) in [5.41, 5.74) is 5.90. The topological polar surface area (TPSA) is 52.3 Å². The molecular formula is C11H23NO2S. The van der Waals surface area contributed by atoms with Gasteiger partial charge in [-0.25, -0.2) is 0 Å². The minimum absolute atomic E-state index is 0.108. The molecule has 0 aromatic carbocycles. The van der Waals surface area contributed by atoms with Gasteiger partial charge in [-0.15, -0.1) is 0 Å². The summed E-state index contributed by atoms with van der Waals surface area (Å²) >= 11 is 1.69. The van der Waals surface area contributed by atoms with E-state index >= 15 is 0 Å². The van der Waals surface area contributed by atoms with Crippen molar-refractivity contribution in [1.29, 1.82) is 0 Å². The van der Waals surface area contributed by atoms with Crippen molar-refractivity contribution in [1.82, 2.24) is 0 Å². The average molecular weight is 233 g/mol. The van der Waals surface area contributed by atoms with Crippen molar-refractivity contribution in [2.45, 2.75) is 63.7 Å². The maximum absolute atomic E-state index is 11.6. The van der Waals surface area contributed by atoms with Gasteiger partial charge in [0, 0.05) is 4.75 Å². The molecule has 1 unspecified atom stereocenters. The SMILES string of the molecule is CC(C)OC(=O)C(N)C(C)(C)SC(C)C. The number of hydrogen-bond donors (Lipinski definition) is 1. The fourth-order valence-corrected chi connectivity index (χ4v) is 2.73. The number of esters is 1. The van der Waals surface area contributed by atoms with E-state index in [9.17, 15) is 4.79 Å². The summed E-state index contributed by atoms with van der Waals surface area (Å²) in [6.07, 6.45) is -0.108. The summed E-state index contributed by atoms with van der Waals surface area (Å²) in [6.45, 7) is 11.8. The minimum Gasteiger partial charge on any atom is -0.462 e. The lowest BCUT2D eigenvalue weighted by Crippen LogP contribution is -2.48. The predicted octanol–water partition coefficient (Wildman–Crippen LogP) is 2.19. The van der Waals surface area contributed by atoms with Crippen LogP contribution in [-0.4, -0.2) is 28.1 Å². The van der Waals surface area contributed by atoms with Crippen LogP contribution in [0.1, 0.15) is 41.5 Å². The highest BCUT2D eigenvalue weighted by atomic mass is 32.2. The van der Waals surface area contributed by atoms with E-state index in [1.807, 2.05) is 27.7 Å². The van der Waals surface area contributed by atoms with Gasteiger partial charge >= 0.3 is 5.97 Å². The summed E-state index contributed by atoms with van der Waals surface area (Å²) in [7, 11) is 0. The van der Waals surface area contributed by atoms with E-state index in [0.717, 1.165) is 0 Å². The van der Waals surface area contributed by atoms with Crippen LogP contribution >= 0.6 is 11.8 Å². The second-order valence-corrected chi connectivity index (χ2v) is 6.96. The van der Waals surface area contributed by atoms with Gasteiger partial charge in [-0.1, -0.05) is 13.8 Å². The van der Waals surface area contributed by atoms with E-state index in [-0.39, 0.29) is 16.8 Å². The number of rotatable bonds is 5. The van der Waals surface area contributed by atoms with Gasteiger partial charge in [0.1, 0.15) is 6.04 Å². The molecule has 90 valence electrons. The zero-order valence-electron chi connectivity index (χ0n) is 10.5. The van der Waals surface area contributed by atoms with Crippen LogP contribution in [0.2, 0.25) is 0 Å². The van der Waals surface area contributed by atoms with Gasteiger partial charge in [-0.2, -0.15) is 11.8 Å². The summed E-state index contributed by atoms with van der Waals surface area (Å²) in [4.78, 5) is 11.6. The maximum atomic E-state index is 11.6. The molecule has 4 heteroatoms. The Hall–Kier alpha value is -0.220. The van der Waals surface area contributed by atoms with Crippen molar-refractivity contribution in [3.05, 3.63) is 0 Å². The molecule has 0 amide bonds. The maximum Gasteiger partial charge on any atom is 0.324 e. The molecule has 0 aliphatic rings. The predicted molar refractivity (Wildman–Crippen MR) is 66.0 cm³/mol. The third-order valence-electron chi connectivity index (χ3n) is 1.89. The first kappa shape index (κ1) is 14.8. The Balaban J connectivity index is 4.40. The quantitative estimate of drug-likeness (QED) is 0.740. The van der Waals surface area contributed by atoms with Crippen molar-refractivity contribution in [2.75, 3.05) is 0 Å². The van der Waals surface area contributed by atoms with E-state index < -0.39 is 6.04 Å². The van der Waals surface area contributed by atoms with E-state index in [2.05, 4.69) is 13.8 Å². The van der Waals surface area contributed by atoms with E-state index in [4.69, 9.17) is 10.5 Å². The van der Waals surface area contributed by atoms with Crippen molar-refractivity contribution in [3.63, 3.8) is 0 Å². The molecular weight excluding hydrogens is 210 g/mol. The number of thioether (sulfide) groups is 1. The van der Waals surface area contributed by atoms with Crippen LogP contribution in [-0.2, 0) is 9.53 Å². The van der Waals surface area contributed by atoms with Gasteiger partial charge in [0.25, 0.3) is 0 Å². The summed E-state index contributed by atoms with van der Waals surface area (Å²) in [5, 5.41) is 0.442. The Morgan fingerprint density at radius 2 is 1.73 bits per heavy atom. The van der Waals surface area contributed by atoms with E-state index in [1.54, 1.807) is 11.8 Å². The number of carbonyl (C=O) groups is 1. The summed E-state index contributed by atoms with van der Waals surface area (Å²) in [5.74, 6) is -0.317. The van der Waals surface area contributed by atoms with Gasteiger partial charge in [0.05, 0.1) is 6.10 Å². The van der Waals surface area contributed by atoms with Crippen LogP contribution in [0.5, 0.6) is 0 Å². The normalized spacial score (nSPS) is 14.5. The highest BCUT2D eigenvalue weighted by Gasteiger charge is 2.34.